The summed E-state index contributed by atoms with van der Waals surface area (Å²) in [5.41, 5.74) is 0.463. The van der Waals surface area contributed by atoms with Gasteiger partial charge < -0.3 is 0 Å². The van der Waals surface area contributed by atoms with Gasteiger partial charge in [-0.15, -0.1) is 0 Å². The van der Waals surface area contributed by atoms with Gasteiger partial charge in [-0.2, -0.15) is 5.10 Å². The molecule has 14 heavy (non-hydrogen) atoms. The Kier molecular flexibility index (Phi) is 1.99. The lowest BCUT2D eigenvalue weighted by Gasteiger charge is -1.96. The largest absolute Gasteiger partial charge is 0.255 e. The van der Waals surface area contributed by atoms with Gasteiger partial charge in [0.15, 0.2) is 17.5 Å². The minimum absolute atomic E-state index is 0.381. The summed E-state index contributed by atoms with van der Waals surface area (Å²) in [6.07, 6.45) is 1.50. The molecule has 0 aliphatic heterocycles. The van der Waals surface area contributed by atoms with Crippen LogP contribution in [-0.2, 0) is 7.05 Å². The van der Waals surface area contributed by atoms with Gasteiger partial charge in [-0.1, -0.05) is 0 Å². The highest BCUT2D eigenvalue weighted by molar-refractivity contribution is 5.53. The standard InChI is InChI=1S/C9H7F2N3/c1-14-5-12-9(13-14)6-2-3-7(10)8(11)4-6/h2-5H,1H3. The molecular weight excluding hydrogens is 188 g/mol. The number of hydrogen-bond donors (Lipinski definition) is 0. The van der Waals surface area contributed by atoms with Crippen molar-refractivity contribution in [2.45, 2.75) is 0 Å². The summed E-state index contributed by atoms with van der Waals surface area (Å²) >= 11 is 0. The first-order valence-corrected chi connectivity index (χ1v) is 3.98. The van der Waals surface area contributed by atoms with Crippen LogP contribution in [0.3, 0.4) is 0 Å². The van der Waals surface area contributed by atoms with Crippen LogP contribution in [0.5, 0.6) is 0 Å². The van der Waals surface area contributed by atoms with E-state index in [9.17, 15) is 8.78 Å². The molecule has 0 amide bonds. The summed E-state index contributed by atoms with van der Waals surface area (Å²) in [6.45, 7) is 0. The highest BCUT2D eigenvalue weighted by Crippen LogP contribution is 2.17. The number of benzene rings is 1. The van der Waals surface area contributed by atoms with E-state index in [4.69, 9.17) is 0 Å². The fourth-order valence-corrected chi connectivity index (χ4v) is 1.11. The molecule has 1 aromatic heterocycles. The van der Waals surface area contributed by atoms with Gasteiger partial charge >= 0.3 is 0 Å². The van der Waals surface area contributed by atoms with E-state index >= 15 is 0 Å². The number of nitrogens with zero attached hydrogens (tertiary/aromatic N) is 3. The van der Waals surface area contributed by atoms with Crippen LogP contribution in [0.4, 0.5) is 8.78 Å². The molecule has 0 bridgehead atoms. The predicted molar refractivity (Wildman–Crippen MR) is 46.4 cm³/mol. The van der Waals surface area contributed by atoms with Gasteiger partial charge in [0.25, 0.3) is 0 Å². The summed E-state index contributed by atoms with van der Waals surface area (Å²) in [5.74, 6) is -1.38. The van der Waals surface area contributed by atoms with E-state index in [-0.39, 0.29) is 0 Å². The van der Waals surface area contributed by atoms with Crippen molar-refractivity contribution in [3.63, 3.8) is 0 Å². The molecule has 2 rings (SSSR count). The maximum atomic E-state index is 12.8. The zero-order valence-corrected chi connectivity index (χ0v) is 7.41. The fraction of sp³-hybridized carbons (Fsp3) is 0.111. The molecule has 0 saturated carbocycles. The number of halogens is 2. The molecule has 5 heteroatoms. The van der Waals surface area contributed by atoms with Gasteiger partial charge in [-0.05, 0) is 18.2 Å². The first-order valence-electron chi connectivity index (χ1n) is 3.98. The molecule has 0 unspecified atom stereocenters. The summed E-state index contributed by atoms with van der Waals surface area (Å²) in [4.78, 5) is 3.92. The van der Waals surface area contributed by atoms with Crippen molar-refractivity contribution in [1.29, 1.82) is 0 Å². The highest BCUT2D eigenvalue weighted by Gasteiger charge is 2.07. The van der Waals surface area contributed by atoms with Crippen LogP contribution < -0.4 is 0 Å². The molecular formula is C9H7F2N3. The van der Waals surface area contributed by atoms with Crippen molar-refractivity contribution in [3.8, 4) is 11.4 Å². The molecule has 0 saturated heterocycles. The summed E-state index contributed by atoms with van der Waals surface area (Å²) in [6, 6.07) is 3.57. The Morgan fingerprint density at radius 1 is 1.21 bits per heavy atom. The van der Waals surface area contributed by atoms with Crippen LogP contribution in [0.2, 0.25) is 0 Å². The molecule has 0 radical (unpaired) electrons. The molecule has 0 N–H and O–H groups in total. The fourth-order valence-electron chi connectivity index (χ4n) is 1.11. The molecule has 3 nitrogen and oxygen atoms in total. The third-order valence-corrected chi connectivity index (χ3v) is 1.78. The Morgan fingerprint density at radius 2 is 2.00 bits per heavy atom. The molecule has 0 atom stereocenters. The summed E-state index contributed by atoms with van der Waals surface area (Å²) < 4.78 is 26.9. The number of aryl methyl sites for hydroxylation is 1. The maximum Gasteiger partial charge on any atom is 0.181 e. The van der Waals surface area contributed by atoms with Crippen LogP contribution in [0.1, 0.15) is 0 Å². The van der Waals surface area contributed by atoms with Crippen LogP contribution in [0, 0.1) is 11.6 Å². The Morgan fingerprint density at radius 3 is 2.57 bits per heavy atom. The number of aromatic nitrogens is 3. The molecule has 2 aromatic rings. The van der Waals surface area contributed by atoms with Gasteiger partial charge in [0, 0.05) is 12.6 Å². The lowest BCUT2D eigenvalue weighted by atomic mass is 10.2. The van der Waals surface area contributed by atoms with E-state index in [1.54, 1.807) is 7.05 Å². The first-order chi connectivity index (χ1) is 6.66. The average molecular weight is 195 g/mol. The third kappa shape index (κ3) is 1.48. The van der Waals surface area contributed by atoms with Crippen LogP contribution in [-0.4, -0.2) is 14.8 Å². The third-order valence-electron chi connectivity index (χ3n) is 1.78. The number of hydrogen-bond acceptors (Lipinski definition) is 2. The Bertz CT molecular complexity index is 465. The van der Waals surface area contributed by atoms with E-state index in [1.807, 2.05) is 0 Å². The quantitative estimate of drug-likeness (QED) is 0.694. The zero-order chi connectivity index (χ0) is 10.1. The van der Waals surface area contributed by atoms with Gasteiger partial charge in [0.2, 0.25) is 0 Å². The normalized spacial score (nSPS) is 10.5. The lowest BCUT2D eigenvalue weighted by Crippen LogP contribution is -1.89. The Balaban J connectivity index is 2.47. The van der Waals surface area contributed by atoms with Crippen LogP contribution in [0.15, 0.2) is 24.5 Å². The van der Waals surface area contributed by atoms with Gasteiger partial charge in [-0.25, -0.2) is 13.8 Å². The topological polar surface area (TPSA) is 30.7 Å². The molecule has 72 valence electrons. The second-order valence-electron chi connectivity index (χ2n) is 2.87. The van der Waals surface area contributed by atoms with Crippen molar-refractivity contribution in [2.24, 2.45) is 7.05 Å². The second kappa shape index (κ2) is 3.17. The smallest absolute Gasteiger partial charge is 0.181 e. The summed E-state index contributed by atoms with van der Waals surface area (Å²) in [5, 5.41) is 3.97. The first kappa shape index (κ1) is 8.80. The van der Waals surface area contributed by atoms with E-state index in [2.05, 4.69) is 10.1 Å². The minimum atomic E-state index is -0.894. The van der Waals surface area contributed by atoms with Gasteiger partial charge in [0.05, 0.1) is 0 Å². The SMILES string of the molecule is Cn1cnc(-c2ccc(F)c(F)c2)n1. The van der Waals surface area contributed by atoms with Crippen LogP contribution in [0.25, 0.3) is 11.4 Å². The molecule has 1 heterocycles. The van der Waals surface area contributed by atoms with E-state index in [0.717, 1.165) is 12.1 Å². The second-order valence-corrected chi connectivity index (χ2v) is 2.87. The monoisotopic (exact) mass is 195 g/mol. The molecule has 0 aliphatic carbocycles. The van der Waals surface area contributed by atoms with Crippen molar-refractivity contribution in [3.05, 3.63) is 36.2 Å². The Hall–Kier alpha value is -1.78. The van der Waals surface area contributed by atoms with Gasteiger partial charge in [0.1, 0.15) is 6.33 Å². The average Bonchev–Trinajstić information content (AvgIpc) is 2.57. The van der Waals surface area contributed by atoms with Crippen LogP contribution >= 0.6 is 0 Å². The predicted octanol–water partition coefficient (Wildman–Crippen LogP) is 1.76. The lowest BCUT2D eigenvalue weighted by molar-refractivity contribution is 0.509. The van der Waals surface area contributed by atoms with E-state index < -0.39 is 11.6 Å². The van der Waals surface area contributed by atoms with Crippen molar-refractivity contribution in [1.82, 2.24) is 14.8 Å². The highest BCUT2D eigenvalue weighted by atomic mass is 19.2. The van der Waals surface area contributed by atoms with E-state index in [1.165, 1.54) is 17.1 Å². The molecule has 0 aliphatic rings. The molecule has 0 spiro atoms. The molecule has 0 fully saturated rings. The molecule has 1 aromatic carbocycles. The van der Waals surface area contributed by atoms with E-state index in [0.29, 0.717) is 11.4 Å². The minimum Gasteiger partial charge on any atom is -0.255 e. The van der Waals surface area contributed by atoms with Crippen molar-refractivity contribution >= 4 is 0 Å². The summed E-state index contributed by atoms with van der Waals surface area (Å²) in [7, 11) is 1.70. The zero-order valence-electron chi connectivity index (χ0n) is 7.41. The maximum absolute atomic E-state index is 12.8. The number of rotatable bonds is 1. The van der Waals surface area contributed by atoms with Crippen molar-refractivity contribution < 1.29 is 8.78 Å². The van der Waals surface area contributed by atoms with Gasteiger partial charge in [-0.3, -0.25) is 4.68 Å². The van der Waals surface area contributed by atoms with Crippen molar-refractivity contribution in [2.75, 3.05) is 0 Å². The Labute approximate surface area is 79.0 Å².